The van der Waals surface area contributed by atoms with E-state index in [1.807, 2.05) is 31.2 Å². The molecular weight excluding hydrogens is 190 g/mol. The standard InChI is InChI=1S/C12H15NO2/c1-10-5-4-6-11(9-10)7-8-12(14)13(2)15-3/h4-9H,1-3H3. The summed E-state index contributed by atoms with van der Waals surface area (Å²) in [7, 11) is 3.03. The average Bonchev–Trinajstić information content (AvgIpc) is 2.25. The van der Waals surface area contributed by atoms with Gasteiger partial charge >= 0.3 is 0 Å². The summed E-state index contributed by atoms with van der Waals surface area (Å²) in [6.07, 6.45) is 3.25. The lowest BCUT2D eigenvalue weighted by atomic mass is 10.1. The van der Waals surface area contributed by atoms with Crippen molar-refractivity contribution >= 4 is 12.0 Å². The Bertz CT molecular complexity index is 372. The molecule has 0 unspecified atom stereocenters. The number of hydroxylamine groups is 2. The van der Waals surface area contributed by atoms with Crippen molar-refractivity contribution in [3.8, 4) is 0 Å². The van der Waals surface area contributed by atoms with Crippen LogP contribution in [0.2, 0.25) is 0 Å². The molecule has 0 fully saturated rings. The van der Waals surface area contributed by atoms with Gasteiger partial charge in [0.05, 0.1) is 7.11 Å². The van der Waals surface area contributed by atoms with Crippen molar-refractivity contribution in [2.24, 2.45) is 0 Å². The van der Waals surface area contributed by atoms with Gasteiger partial charge in [0.15, 0.2) is 0 Å². The molecule has 0 aliphatic carbocycles. The second-order valence-corrected chi connectivity index (χ2v) is 3.27. The Morgan fingerprint density at radius 1 is 1.47 bits per heavy atom. The molecule has 1 aromatic rings. The van der Waals surface area contributed by atoms with Crippen LogP contribution in [-0.2, 0) is 9.63 Å². The Morgan fingerprint density at radius 3 is 2.80 bits per heavy atom. The number of aryl methyl sites for hydroxylation is 1. The maximum Gasteiger partial charge on any atom is 0.269 e. The van der Waals surface area contributed by atoms with Crippen LogP contribution in [0.4, 0.5) is 0 Å². The minimum Gasteiger partial charge on any atom is -0.274 e. The van der Waals surface area contributed by atoms with Gasteiger partial charge in [-0.15, -0.1) is 0 Å². The van der Waals surface area contributed by atoms with E-state index in [0.717, 1.165) is 5.56 Å². The molecule has 0 radical (unpaired) electrons. The number of nitrogens with zero attached hydrogens (tertiary/aromatic N) is 1. The largest absolute Gasteiger partial charge is 0.274 e. The zero-order valence-electron chi connectivity index (χ0n) is 9.23. The molecule has 0 spiro atoms. The van der Waals surface area contributed by atoms with Crippen LogP contribution in [0, 0.1) is 6.92 Å². The molecule has 3 heteroatoms. The van der Waals surface area contributed by atoms with Gasteiger partial charge in [-0.3, -0.25) is 9.63 Å². The van der Waals surface area contributed by atoms with Crippen LogP contribution in [0.5, 0.6) is 0 Å². The van der Waals surface area contributed by atoms with Gasteiger partial charge in [0.2, 0.25) is 0 Å². The number of likely N-dealkylation sites (N-methyl/N-ethyl adjacent to an activating group) is 1. The number of amides is 1. The van der Waals surface area contributed by atoms with Gasteiger partial charge in [0.1, 0.15) is 0 Å². The predicted molar refractivity (Wildman–Crippen MR) is 60.0 cm³/mol. The highest BCUT2D eigenvalue weighted by Gasteiger charge is 2.01. The van der Waals surface area contributed by atoms with Crippen LogP contribution in [0.15, 0.2) is 30.3 Å². The third-order valence-corrected chi connectivity index (χ3v) is 2.04. The lowest BCUT2D eigenvalue weighted by Crippen LogP contribution is -2.22. The van der Waals surface area contributed by atoms with Gasteiger partial charge in [-0.25, -0.2) is 5.06 Å². The molecular formula is C12H15NO2. The molecule has 0 heterocycles. The third kappa shape index (κ3) is 3.56. The summed E-state index contributed by atoms with van der Waals surface area (Å²) in [6.45, 7) is 2.01. The molecule has 15 heavy (non-hydrogen) atoms. The number of benzene rings is 1. The van der Waals surface area contributed by atoms with E-state index in [1.54, 1.807) is 13.1 Å². The maximum absolute atomic E-state index is 11.3. The van der Waals surface area contributed by atoms with E-state index in [-0.39, 0.29) is 5.91 Å². The SMILES string of the molecule is CON(C)C(=O)C=Cc1cccc(C)c1. The average molecular weight is 205 g/mol. The molecule has 0 N–H and O–H groups in total. The Balaban J connectivity index is 2.69. The number of carbonyl (C=O) groups is 1. The number of rotatable bonds is 3. The highest BCUT2D eigenvalue weighted by atomic mass is 16.7. The van der Waals surface area contributed by atoms with E-state index in [1.165, 1.54) is 23.8 Å². The number of hydrogen-bond donors (Lipinski definition) is 0. The van der Waals surface area contributed by atoms with E-state index in [9.17, 15) is 4.79 Å². The van der Waals surface area contributed by atoms with Crippen molar-refractivity contribution in [2.75, 3.05) is 14.2 Å². The first-order valence-electron chi connectivity index (χ1n) is 4.70. The molecule has 0 saturated heterocycles. The second-order valence-electron chi connectivity index (χ2n) is 3.27. The fourth-order valence-electron chi connectivity index (χ4n) is 1.14. The van der Waals surface area contributed by atoms with Crippen LogP contribution >= 0.6 is 0 Å². The summed E-state index contributed by atoms with van der Waals surface area (Å²) in [5.41, 5.74) is 2.18. The Morgan fingerprint density at radius 2 is 2.20 bits per heavy atom. The van der Waals surface area contributed by atoms with E-state index in [4.69, 9.17) is 4.84 Å². The monoisotopic (exact) mass is 205 g/mol. The summed E-state index contributed by atoms with van der Waals surface area (Å²) in [4.78, 5) is 16.1. The van der Waals surface area contributed by atoms with Crippen molar-refractivity contribution in [1.82, 2.24) is 5.06 Å². The summed E-state index contributed by atoms with van der Waals surface area (Å²) in [5, 5.41) is 1.17. The van der Waals surface area contributed by atoms with Crippen molar-refractivity contribution in [2.45, 2.75) is 6.92 Å². The Hall–Kier alpha value is -1.61. The third-order valence-electron chi connectivity index (χ3n) is 2.04. The molecule has 1 amide bonds. The van der Waals surface area contributed by atoms with Gasteiger partial charge < -0.3 is 0 Å². The quantitative estimate of drug-likeness (QED) is 0.558. The molecule has 1 aromatic carbocycles. The molecule has 0 bridgehead atoms. The van der Waals surface area contributed by atoms with Gasteiger partial charge in [-0.2, -0.15) is 0 Å². The molecule has 0 saturated carbocycles. The van der Waals surface area contributed by atoms with Crippen LogP contribution in [0.3, 0.4) is 0 Å². The molecule has 0 aliphatic heterocycles. The molecule has 80 valence electrons. The normalized spacial score (nSPS) is 10.6. The van der Waals surface area contributed by atoms with Crippen molar-refractivity contribution in [3.05, 3.63) is 41.5 Å². The highest BCUT2D eigenvalue weighted by Crippen LogP contribution is 2.05. The second kappa shape index (κ2) is 5.32. The van der Waals surface area contributed by atoms with E-state index in [2.05, 4.69) is 0 Å². The summed E-state index contributed by atoms with van der Waals surface area (Å²) in [5.74, 6) is -0.181. The molecule has 3 nitrogen and oxygen atoms in total. The lowest BCUT2D eigenvalue weighted by Gasteiger charge is -2.09. The van der Waals surface area contributed by atoms with Crippen molar-refractivity contribution in [1.29, 1.82) is 0 Å². The Kier molecular flexibility index (Phi) is 4.06. The smallest absolute Gasteiger partial charge is 0.269 e. The molecule has 1 rings (SSSR count). The number of hydrogen-bond acceptors (Lipinski definition) is 2. The van der Waals surface area contributed by atoms with Crippen molar-refractivity contribution < 1.29 is 9.63 Å². The van der Waals surface area contributed by atoms with Gasteiger partial charge in [-0.1, -0.05) is 29.8 Å². The molecule has 0 aliphatic rings. The first-order valence-corrected chi connectivity index (χ1v) is 4.70. The highest BCUT2D eigenvalue weighted by molar-refractivity contribution is 5.90. The first-order chi connectivity index (χ1) is 7.13. The zero-order valence-corrected chi connectivity index (χ0v) is 9.23. The van der Waals surface area contributed by atoms with Crippen LogP contribution < -0.4 is 0 Å². The molecule has 0 aromatic heterocycles. The minimum absolute atomic E-state index is 0.181. The topological polar surface area (TPSA) is 29.5 Å². The minimum atomic E-state index is -0.181. The van der Waals surface area contributed by atoms with E-state index < -0.39 is 0 Å². The Labute approximate surface area is 89.9 Å². The molecule has 0 atom stereocenters. The number of carbonyl (C=O) groups excluding carboxylic acids is 1. The summed E-state index contributed by atoms with van der Waals surface area (Å²) in [6, 6.07) is 7.93. The fraction of sp³-hybridized carbons (Fsp3) is 0.250. The first kappa shape index (κ1) is 11.5. The van der Waals surface area contributed by atoms with E-state index in [0.29, 0.717) is 0 Å². The van der Waals surface area contributed by atoms with Gasteiger partial charge in [-0.05, 0) is 18.6 Å². The summed E-state index contributed by atoms with van der Waals surface area (Å²) >= 11 is 0. The zero-order chi connectivity index (χ0) is 11.3. The predicted octanol–water partition coefficient (Wildman–Crippen LogP) is 2.03. The van der Waals surface area contributed by atoms with Crippen LogP contribution in [-0.4, -0.2) is 25.1 Å². The van der Waals surface area contributed by atoms with Crippen LogP contribution in [0.25, 0.3) is 6.08 Å². The van der Waals surface area contributed by atoms with Crippen molar-refractivity contribution in [3.63, 3.8) is 0 Å². The maximum atomic E-state index is 11.3. The van der Waals surface area contributed by atoms with Gasteiger partial charge in [0.25, 0.3) is 5.91 Å². The van der Waals surface area contributed by atoms with Gasteiger partial charge in [0, 0.05) is 13.1 Å². The van der Waals surface area contributed by atoms with E-state index >= 15 is 0 Å². The summed E-state index contributed by atoms with van der Waals surface area (Å²) < 4.78 is 0. The lowest BCUT2D eigenvalue weighted by molar-refractivity contribution is -0.162. The van der Waals surface area contributed by atoms with Crippen LogP contribution in [0.1, 0.15) is 11.1 Å². The fourth-order valence-corrected chi connectivity index (χ4v) is 1.14.